The predicted octanol–water partition coefficient (Wildman–Crippen LogP) is 2.25. The van der Waals surface area contributed by atoms with Crippen molar-refractivity contribution in [3.63, 3.8) is 0 Å². The van der Waals surface area contributed by atoms with Crippen molar-refractivity contribution in [3.8, 4) is 0 Å². The summed E-state index contributed by atoms with van der Waals surface area (Å²) in [5.41, 5.74) is -0.237. The van der Waals surface area contributed by atoms with Gasteiger partial charge in [0.1, 0.15) is 0 Å². The Balaban J connectivity index is 1.89. The molecule has 1 aliphatic carbocycles. The summed E-state index contributed by atoms with van der Waals surface area (Å²) >= 11 is 0. The third-order valence-corrected chi connectivity index (χ3v) is 4.59. The molecule has 2 aliphatic rings. The van der Waals surface area contributed by atoms with E-state index < -0.39 is 0 Å². The molecule has 1 atom stereocenters. The van der Waals surface area contributed by atoms with Crippen molar-refractivity contribution in [1.82, 2.24) is 0 Å². The molecule has 0 aromatic heterocycles. The predicted molar refractivity (Wildman–Crippen MR) is 66.8 cm³/mol. The van der Waals surface area contributed by atoms with E-state index in [1.54, 1.807) is 0 Å². The summed E-state index contributed by atoms with van der Waals surface area (Å²) in [6, 6.07) is 0. The van der Waals surface area contributed by atoms with Gasteiger partial charge in [0, 0.05) is 5.41 Å². The van der Waals surface area contributed by atoms with Crippen LogP contribution in [-0.2, 0) is 4.74 Å². The van der Waals surface area contributed by atoms with Gasteiger partial charge in [-0.1, -0.05) is 26.2 Å². The lowest BCUT2D eigenvalue weighted by Crippen LogP contribution is -2.35. The monoisotopic (exact) mass is 242 g/mol. The van der Waals surface area contributed by atoms with Crippen LogP contribution >= 0.6 is 0 Å². The van der Waals surface area contributed by atoms with E-state index in [2.05, 4.69) is 0 Å². The Bertz CT molecular complexity index is 242. The van der Waals surface area contributed by atoms with Crippen LogP contribution in [0.15, 0.2) is 0 Å². The van der Waals surface area contributed by atoms with Gasteiger partial charge in [0.15, 0.2) is 0 Å². The zero-order chi connectivity index (χ0) is 12.4. The molecule has 3 nitrogen and oxygen atoms in total. The summed E-state index contributed by atoms with van der Waals surface area (Å²) in [5.74, 6) is 0. The van der Waals surface area contributed by atoms with Crippen molar-refractivity contribution in [1.29, 1.82) is 0 Å². The van der Waals surface area contributed by atoms with Crippen LogP contribution in [0.5, 0.6) is 0 Å². The lowest BCUT2D eigenvalue weighted by molar-refractivity contribution is -0.0847. The highest BCUT2D eigenvalue weighted by molar-refractivity contribution is 4.93. The molecule has 0 aromatic rings. The Morgan fingerprint density at radius 3 is 2.35 bits per heavy atom. The normalized spacial score (nSPS) is 28.8. The molecule has 2 N–H and O–H groups in total. The highest BCUT2D eigenvalue weighted by Crippen LogP contribution is 2.44. The minimum atomic E-state index is -0.384. The number of rotatable bonds is 4. The number of aliphatic hydroxyl groups is 2. The minimum absolute atomic E-state index is 0.0381. The van der Waals surface area contributed by atoms with Gasteiger partial charge in [-0.3, -0.25) is 0 Å². The quantitative estimate of drug-likeness (QED) is 0.795. The van der Waals surface area contributed by atoms with E-state index in [9.17, 15) is 10.2 Å². The van der Waals surface area contributed by atoms with Gasteiger partial charge in [0.2, 0.25) is 0 Å². The standard InChI is InChI=1S/C14H26O3/c1-13(10-15,11-16)9-12-5-8-14(17-12)6-3-2-4-7-14/h12,15-16H,2-11H2,1H3. The summed E-state index contributed by atoms with van der Waals surface area (Å²) in [6.07, 6.45) is 9.63. The summed E-state index contributed by atoms with van der Waals surface area (Å²) in [4.78, 5) is 0. The summed E-state index contributed by atoms with van der Waals surface area (Å²) < 4.78 is 6.27. The fourth-order valence-corrected chi connectivity index (χ4v) is 3.33. The maximum Gasteiger partial charge on any atom is 0.0687 e. The first-order valence-electron chi connectivity index (χ1n) is 7.01. The summed E-state index contributed by atoms with van der Waals surface area (Å²) in [5, 5.41) is 18.7. The molecule has 3 heteroatoms. The lowest BCUT2D eigenvalue weighted by Gasteiger charge is -2.35. The van der Waals surface area contributed by atoms with E-state index in [-0.39, 0.29) is 30.3 Å². The van der Waals surface area contributed by atoms with Crippen LogP contribution in [0, 0.1) is 5.41 Å². The van der Waals surface area contributed by atoms with E-state index in [4.69, 9.17) is 4.74 Å². The number of hydrogen-bond acceptors (Lipinski definition) is 3. The number of aliphatic hydroxyl groups excluding tert-OH is 2. The second-order valence-electron chi connectivity index (χ2n) is 6.35. The van der Waals surface area contributed by atoms with E-state index in [1.807, 2.05) is 6.92 Å². The number of ether oxygens (including phenoxy) is 1. The smallest absolute Gasteiger partial charge is 0.0687 e. The van der Waals surface area contributed by atoms with Crippen LogP contribution in [0.1, 0.15) is 58.3 Å². The van der Waals surface area contributed by atoms with Crippen molar-refractivity contribution >= 4 is 0 Å². The molecule has 2 fully saturated rings. The van der Waals surface area contributed by atoms with Crippen LogP contribution in [0.25, 0.3) is 0 Å². The first-order valence-corrected chi connectivity index (χ1v) is 7.01. The molecule has 1 saturated carbocycles. The highest BCUT2D eigenvalue weighted by Gasteiger charge is 2.42. The second kappa shape index (κ2) is 5.25. The largest absolute Gasteiger partial charge is 0.396 e. The first kappa shape index (κ1) is 13.3. The Morgan fingerprint density at radius 1 is 1.12 bits per heavy atom. The molecular formula is C14H26O3. The molecule has 1 aliphatic heterocycles. The molecule has 100 valence electrons. The maximum absolute atomic E-state index is 9.33. The van der Waals surface area contributed by atoms with E-state index in [1.165, 1.54) is 38.5 Å². The third kappa shape index (κ3) is 3.01. The van der Waals surface area contributed by atoms with Crippen molar-refractivity contribution < 1.29 is 14.9 Å². The van der Waals surface area contributed by atoms with Crippen molar-refractivity contribution in [3.05, 3.63) is 0 Å². The average Bonchev–Trinajstić information content (AvgIpc) is 2.72. The van der Waals surface area contributed by atoms with Crippen LogP contribution in [0.4, 0.5) is 0 Å². The highest BCUT2D eigenvalue weighted by atomic mass is 16.5. The Labute approximate surface area is 104 Å². The molecule has 1 spiro atoms. The molecule has 0 radical (unpaired) electrons. The maximum atomic E-state index is 9.33. The third-order valence-electron chi connectivity index (χ3n) is 4.59. The zero-order valence-corrected chi connectivity index (χ0v) is 11.0. The second-order valence-corrected chi connectivity index (χ2v) is 6.35. The molecule has 17 heavy (non-hydrogen) atoms. The van der Waals surface area contributed by atoms with Crippen LogP contribution in [0.2, 0.25) is 0 Å². The van der Waals surface area contributed by atoms with Gasteiger partial charge in [-0.2, -0.15) is 0 Å². The SMILES string of the molecule is CC(CO)(CO)CC1CCC2(CCCCC2)O1. The molecule has 2 rings (SSSR count). The van der Waals surface area contributed by atoms with Crippen molar-refractivity contribution in [2.45, 2.75) is 70.0 Å². The Kier molecular flexibility index (Phi) is 4.11. The molecule has 0 bridgehead atoms. The van der Waals surface area contributed by atoms with Gasteiger partial charge in [-0.25, -0.2) is 0 Å². The van der Waals surface area contributed by atoms with Gasteiger partial charge in [-0.05, 0) is 32.1 Å². The van der Waals surface area contributed by atoms with Crippen LogP contribution < -0.4 is 0 Å². The van der Waals surface area contributed by atoms with Crippen molar-refractivity contribution in [2.24, 2.45) is 5.41 Å². The summed E-state index contributed by atoms with van der Waals surface area (Å²) in [6.45, 7) is 2.01. The van der Waals surface area contributed by atoms with Gasteiger partial charge < -0.3 is 14.9 Å². The first-order chi connectivity index (χ1) is 8.11. The van der Waals surface area contributed by atoms with Gasteiger partial charge >= 0.3 is 0 Å². The molecular weight excluding hydrogens is 216 g/mol. The van der Waals surface area contributed by atoms with E-state index >= 15 is 0 Å². The van der Waals surface area contributed by atoms with Crippen LogP contribution in [0.3, 0.4) is 0 Å². The molecule has 1 unspecified atom stereocenters. The molecule has 0 amide bonds. The van der Waals surface area contributed by atoms with Crippen molar-refractivity contribution in [2.75, 3.05) is 13.2 Å². The molecule has 0 aromatic carbocycles. The van der Waals surface area contributed by atoms with Gasteiger partial charge in [0.05, 0.1) is 24.9 Å². The lowest BCUT2D eigenvalue weighted by atomic mass is 9.82. The summed E-state index contributed by atoms with van der Waals surface area (Å²) in [7, 11) is 0. The fourth-order valence-electron chi connectivity index (χ4n) is 3.33. The van der Waals surface area contributed by atoms with E-state index in [0.29, 0.717) is 0 Å². The Morgan fingerprint density at radius 2 is 1.76 bits per heavy atom. The Hall–Kier alpha value is -0.120. The molecule has 1 saturated heterocycles. The zero-order valence-electron chi connectivity index (χ0n) is 11.0. The minimum Gasteiger partial charge on any atom is -0.396 e. The fraction of sp³-hybridized carbons (Fsp3) is 1.00. The molecule has 1 heterocycles. The average molecular weight is 242 g/mol. The van der Waals surface area contributed by atoms with Crippen LogP contribution in [-0.4, -0.2) is 35.1 Å². The van der Waals surface area contributed by atoms with Gasteiger partial charge in [0.25, 0.3) is 0 Å². The number of hydrogen-bond donors (Lipinski definition) is 2. The van der Waals surface area contributed by atoms with E-state index in [0.717, 1.165) is 12.8 Å². The van der Waals surface area contributed by atoms with Gasteiger partial charge in [-0.15, -0.1) is 0 Å². The topological polar surface area (TPSA) is 49.7 Å².